The van der Waals surface area contributed by atoms with Crippen LogP contribution in [0.4, 0.5) is 0 Å². The summed E-state index contributed by atoms with van der Waals surface area (Å²) in [5.74, 6) is -0.445. The number of methoxy groups -OCH3 is 1. The smallest absolute Gasteiger partial charge is 0.356 e. The lowest BCUT2D eigenvalue weighted by molar-refractivity contribution is -0.147. The molecule has 1 unspecified atom stereocenters. The van der Waals surface area contributed by atoms with Gasteiger partial charge in [0.1, 0.15) is 11.5 Å². The molecule has 0 spiro atoms. The van der Waals surface area contributed by atoms with Crippen LogP contribution in [-0.2, 0) is 14.3 Å². The third kappa shape index (κ3) is 2.44. The van der Waals surface area contributed by atoms with Crippen LogP contribution >= 0.6 is 0 Å². The lowest BCUT2D eigenvalue weighted by Crippen LogP contribution is -2.52. The predicted molar refractivity (Wildman–Crippen MR) is 86.8 cm³/mol. The van der Waals surface area contributed by atoms with Gasteiger partial charge in [0.25, 0.3) is 5.91 Å². The molecule has 6 heteroatoms. The van der Waals surface area contributed by atoms with E-state index in [9.17, 15) is 14.7 Å². The first-order valence-electron chi connectivity index (χ1n) is 7.58. The summed E-state index contributed by atoms with van der Waals surface area (Å²) >= 11 is 0. The Hall–Kier alpha value is -2.76. The van der Waals surface area contributed by atoms with E-state index in [-0.39, 0.29) is 11.6 Å². The summed E-state index contributed by atoms with van der Waals surface area (Å²) in [4.78, 5) is 25.2. The molecule has 1 atom stereocenters. The first-order valence-corrected chi connectivity index (χ1v) is 7.58. The molecule has 0 bridgehead atoms. The van der Waals surface area contributed by atoms with E-state index in [1.807, 2.05) is 32.9 Å². The van der Waals surface area contributed by atoms with Crippen molar-refractivity contribution in [2.24, 2.45) is 5.41 Å². The Bertz CT molecular complexity index is 768. The van der Waals surface area contributed by atoms with Crippen LogP contribution in [0.3, 0.4) is 0 Å². The summed E-state index contributed by atoms with van der Waals surface area (Å²) in [5.41, 5.74) is 0.697. The van der Waals surface area contributed by atoms with E-state index in [1.54, 1.807) is 25.3 Å². The quantitative estimate of drug-likeness (QED) is 0.681. The molecule has 1 amide bonds. The van der Waals surface area contributed by atoms with Crippen LogP contribution in [0.15, 0.2) is 41.3 Å². The Morgan fingerprint density at radius 3 is 2.42 bits per heavy atom. The zero-order valence-electron chi connectivity index (χ0n) is 14.0. The molecule has 1 aromatic carbocycles. The van der Waals surface area contributed by atoms with E-state index in [0.29, 0.717) is 11.3 Å². The monoisotopic (exact) mass is 329 g/mol. The number of allylic oxidation sites excluding steroid dienone is 1. The molecule has 1 saturated heterocycles. The average molecular weight is 329 g/mol. The molecule has 24 heavy (non-hydrogen) atoms. The number of nitrogens with zero attached hydrogens (tertiary/aromatic N) is 1. The number of hydrogen-bond donors (Lipinski definition) is 1. The van der Waals surface area contributed by atoms with E-state index in [1.165, 1.54) is 4.90 Å². The largest absolute Gasteiger partial charge is 0.497 e. The van der Waals surface area contributed by atoms with Crippen molar-refractivity contribution < 1.29 is 24.2 Å². The first kappa shape index (κ1) is 16.1. The number of carboxylic acid groups (broad SMARTS) is 1. The lowest BCUT2D eigenvalue weighted by atomic mass is 9.92. The van der Waals surface area contributed by atoms with Crippen LogP contribution in [-0.4, -0.2) is 35.2 Å². The van der Waals surface area contributed by atoms with Gasteiger partial charge in [-0.05, 0) is 23.8 Å². The van der Waals surface area contributed by atoms with Gasteiger partial charge < -0.3 is 14.6 Å². The Labute approximate surface area is 140 Å². The maximum atomic E-state index is 12.4. The highest BCUT2D eigenvalue weighted by molar-refractivity contribution is 6.10. The van der Waals surface area contributed by atoms with Gasteiger partial charge in [-0.2, -0.15) is 0 Å². The van der Waals surface area contributed by atoms with E-state index in [2.05, 4.69) is 0 Å². The highest BCUT2D eigenvalue weighted by Crippen LogP contribution is 2.46. The minimum Gasteiger partial charge on any atom is -0.497 e. The number of fused-ring (bicyclic) bond motifs is 1. The van der Waals surface area contributed by atoms with Crippen LogP contribution in [0.5, 0.6) is 5.75 Å². The van der Waals surface area contributed by atoms with Crippen molar-refractivity contribution in [1.82, 2.24) is 4.90 Å². The summed E-state index contributed by atoms with van der Waals surface area (Å²) in [6.07, 6.45) is 1.05. The number of ether oxygens (including phenoxy) is 2. The minimum atomic E-state index is -1.15. The number of benzene rings is 1. The molecule has 3 rings (SSSR count). The van der Waals surface area contributed by atoms with Gasteiger partial charge in [-0.1, -0.05) is 32.9 Å². The van der Waals surface area contributed by atoms with Crippen molar-refractivity contribution in [3.8, 4) is 5.75 Å². The van der Waals surface area contributed by atoms with E-state index >= 15 is 0 Å². The maximum absolute atomic E-state index is 12.4. The summed E-state index contributed by atoms with van der Waals surface area (Å²) in [7, 11) is 1.58. The normalized spacial score (nSPS) is 21.5. The van der Waals surface area contributed by atoms with Crippen molar-refractivity contribution in [3.05, 3.63) is 46.9 Å². The van der Waals surface area contributed by atoms with Gasteiger partial charge in [0.15, 0.2) is 5.70 Å². The Morgan fingerprint density at radius 2 is 1.92 bits per heavy atom. The number of carbonyl (C=O) groups is 2. The van der Waals surface area contributed by atoms with Crippen LogP contribution in [0.1, 0.15) is 26.3 Å². The van der Waals surface area contributed by atoms with Gasteiger partial charge in [0.2, 0.25) is 6.23 Å². The molecular weight excluding hydrogens is 310 g/mol. The molecule has 0 saturated carbocycles. The topological polar surface area (TPSA) is 76.1 Å². The van der Waals surface area contributed by atoms with Gasteiger partial charge >= 0.3 is 5.97 Å². The van der Waals surface area contributed by atoms with Crippen LogP contribution in [0.2, 0.25) is 0 Å². The fourth-order valence-corrected chi connectivity index (χ4v) is 2.78. The average Bonchev–Trinajstić information content (AvgIpc) is 2.89. The molecule has 0 radical (unpaired) electrons. The second-order valence-electron chi connectivity index (χ2n) is 6.75. The number of hydrogen-bond acceptors (Lipinski definition) is 4. The standard InChI is InChI=1S/C18H19NO5/c1-18(2,3)14-13(17(21)22)19-15(20)12(16(19)24-14)9-10-5-7-11(23-4)8-6-10/h5-9,16H,1-4H3,(H,21,22)/b12-9-. The molecule has 1 fully saturated rings. The molecular formula is C18H19NO5. The zero-order valence-corrected chi connectivity index (χ0v) is 14.0. The van der Waals surface area contributed by atoms with Crippen LogP contribution in [0.25, 0.3) is 6.08 Å². The predicted octanol–water partition coefficient (Wildman–Crippen LogP) is 2.62. The summed E-state index contributed by atoms with van der Waals surface area (Å²) in [5, 5.41) is 9.46. The van der Waals surface area contributed by atoms with Gasteiger partial charge in [-0.3, -0.25) is 9.69 Å². The number of amides is 1. The molecule has 0 aliphatic carbocycles. The number of carboxylic acids is 1. The molecule has 2 aliphatic heterocycles. The minimum absolute atomic E-state index is 0.0654. The van der Waals surface area contributed by atoms with E-state index in [0.717, 1.165) is 11.3 Å². The second-order valence-corrected chi connectivity index (χ2v) is 6.75. The van der Waals surface area contributed by atoms with Crippen molar-refractivity contribution in [2.45, 2.75) is 27.0 Å². The van der Waals surface area contributed by atoms with E-state index in [4.69, 9.17) is 9.47 Å². The molecule has 2 aliphatic rings. The number of carbonyl (C=O) groups excluding carboxylic acids is 1. The summed E-state index contributed by atoms with van der Waals surface area (Å²) in [6, 6.07) is 7.24. The fraction of sp³-hybridized carbons (Fsp3) is 0.333. The molecule has 1 aromatic rings. The highest BCUT2D eigenvalue weighted by Gasteiger charge is 2.55. The Kier molecular flexibility index (Phi) is 3.63. The lowest BCUT2D eigenvalue weighted by Gasteiger charge is -2.35. The number of rotatable bonds is 3. The van der Waals surface area contributed by atoms with Gasteiger partial charge in [-0.15, -0.1) is 0 Å². The maximum Gasteiger partial charge on any atom is 0.356 e. The molecule has 2 heterocycles. The molecule has 1 N–H and O–H groups in total. The van der Waals surface area contributed by atoms with Gasteiger partial charge in [-0.25, -0.2) is 4.79 Å². The van der Waals surface area contributed by atoms with Crippen molar-refractivity contribution >= 4 is 18.0 Å². The first-order chi connectivity index (χ1) is 11.2. The summed E-state index contributed by atoms with van der Waals surface area (Å²) in [6.45, 7) is 5.57. The molecule has 126 valence electrons. The molecule has 0 aromatic heterocycles. The third-order valence-electron chi connectivity index (χ3n) is 3.97. The molecule has 6 nitrogen and oxygen atoms in total. The van der Waals surface area contributed by atoms with Crippen molar-refractivity contribution in [2.75, 3.05) is 7.11 Å². The van der Waals surface area contributed by atoms with Crippen LogP contribution < -0.4 is 4.74 Å². The van der Waals surface area contributed by atoms with E-state index < -0.39 is 17.6 Å². The van der Waals surface area contributed by atoms with Gasteiger partial charge in [0, 0.05) is 5.41 Å². The number of aliphatic carboxylic acids is 1. The fourth-order valence-electron chi connectivity index (χ4n) is 2.78. The zero-order chi connectivity index (χ0) is 17.6. The van der Waals surface area contributed by atoms with Crippen molar-refractivity contribution in [1.29, 1.82) is 0 Å². The van der Waals surface area contributed by atoms with Crippen molar-refractivity contribution in [3.63, 3.8) is 0 Å². The Balaban J connectivity index is 1.92. The SMILES string of the molecule is COc1ccc(/C=C2/C(=O)N3C(C(=O)O)=C(C(C)(C)C)OC23)cc1. The van der Waals surface area contributed by atoms with Crippen LogP contribution in [0, 0.1) is 5.41 Å². The Morgan fingerprint density at radius 1 is 1.29 bits per heavy atom. The summed E-state index contributed by atoms with van der Waals surface area (Å²) < 4.78 is 10.9. The third-order valence-corrected chi connectivity index (χ3v) is 3.97. The van der Waals surface area contributed by atoms with Gasteiger partial charge in [0.05, 0.1) is 12.7 Å². The second kappa shape index (κ2) is 5.40. The number of β-lactam (4-membered cyclic amide) rings is 1. The highest BCUT2D eigenvalue weighted by atomic mass is 16.5.